The van der Waals surface area contributed by atoms with Crippen molar-refractivity contribution in [1.82, 2.24) is 15.5 Å². The first-order valence-corrected chi connectivity index (χ1v) is 12.1. The van der Waals surface area contributed by atoms with E-state index in [2.05, 4.69) is 58.0 Å². The SMILES string of the molecule is CCc1cc(C(=O)N2CCC(P)(CNCCOC3=CCCC=C3NC)CC2)ccc1C. The number of likely N-dealkylation sites (tertiary alicyclic amines) is 1. The van der Waals surface area contributed by atoms with Gasteiger partial charge in [0.15, 0.2) is 0 Å². The average molecular weight is 444 g/mol. The van der Waals surface area contributed by atoms with Gasteiger partial charge >= 0.3 is 0 Å². The Morgan fingerprint density at radius 1 is 1.23 bits per heavy atom. The molecule has 6 heteroatoms. The number of carbonyl (C=O) groups excluding carboxylic acids is 1. The van der Waals surface area contributed by atoms with Crippen molar-refractivity contribution in [2.45, 2.75) is 51.1 Å². The molecular formula is C25H38N3O2P. The smallest absolute Gasteiger partial charge is 0.253 e. The Labute approximate surface area is 189 Å². The van der Waals surface area contributed by atoms with Gasteiger partial charge in [0, 0.05) is 43.9 Å². The van der Waals surface area contributed by atoms with Crippen molar-refractivity contribution in [3.05, 3.63) is 58.5 Å². The highest BCUT2D eigenvalue weighted by Crippen LogP contribution is 2.31. The summed E-state index contributed by atoms with van der Waals surface area (Å²) in [6.45, 7) is 8.25. The topological polar surface area (TPSA) is 53.6 Å². The molecule has 0 bridgehead atoms. The van der Waals surface area contributed by atoms with Gasteiger partial charge in [0.05, 0.1) is 5.70 Å². The highest BCUT2D eigenvalue weighted by atomic mass is 31.0. The number of benzene rings is 1. The summed E-state index contributed by atoms with van der Waals surface area (Å²) in [6, 6.07) is 6.11. The molecule has 1 aliphatic carbocycles. The van der Waals surface area contributed by atoms with E-state index in [1.165, 1.54) is 11.1 Å². The van der Waals surface area contributed by atoms with Gasteiger partial charge in [0.1, 0.15) is 12.4 Å². The second-order valence-corrected chi connectivity index (χ2v) is 9.91. The first-order valence-electron chi connectivity index (χ1n) is 11.6. The van der Waals surface area contributed by atoms with Gasteiger partial charge in [0.2, 0.25) is 0 Å². The van der Waals surface area contributed by atoms with Gasteiger partial charge in [-0.2, -0.15) is 0 Å². The van der Waals surface area contributed by atoms with E-state index < -0.39 is 0 Å². The number of likely N-dealkylation sites (N-methyl/N-ethyl adjacent to an activating group) is 1. The van der Waals surface area contributed by atoms with Gasteiger partial charge in [0.25, 0.3) is 5.91 Å². The standard InChI is InChI=1S/C25H38N3O2P/c1-4-20-17-21(10-9-19(20)2)24(29)28-14-11-25(31,12-15-28)18-27-13-16-30-23-8-6-5-7-22(23)26-3/h7-10,17,26-27H,4-6,11-16,18,31H2,1-3H3. The van der Waals surface area contributed by atoms with Crippen LogP contribution in [0.4, 0.5) is 0 Å². The van der Waals surface area contributed by atoms with E-state index in [4.69, 9.17) is 4.74 Å². The number of nitrogens with one attached hydrogen (secondary N) is 2. The zero-order chi connectivity index (χ0) is 22.3. The number of amides is 1. The highest BCUT2D eigenvalue weighted by Gasteiger charge is 2.32. The van der Waals surface area contributed by atoms with E-state index in [1.807, 2.05) is 18.0 Å². The van der Waals surface area contributed by atoms with Gasteiger partial charge in [-0.3, -0.25) is 4.79 Å². The first kappa shape index (κ1) is 23.8. The molecule has 1 saturated heterocycles. The Kier molecular flexibility index (Phi) is 8.57. The predicted octanol–water partition coefficient (Wildman–Crippen LogP) is 3.79. The number of allylic oxidation sites excluding steroid dienone is 2. The van der Waals surface area contributed by atoms with Gasteiger partial charge in [-0.05, 0) is 68.4 Å². The van der Waals surface area contributed by atoms with Crippen molar-refractivity contribution < 1.29 is 9.53 Å². The van der Waals surface area contributed by atoms with Crippen LogP contribution in [-0.2, 0) is 11.2 Å². The van der Waals surface area contributed by atoms with E-state index in [0.29, 0.717) is 6.61 Å². The molecule has 1 amide bonds. The third kappa shape index (κ3) is 6.33. The van der Waals surface area contributed by atoms with E-state index in [0.717, 1.165) is 75.3 Å². The predicted molar refractivity (Wildman–Crippen MR) is 131 cm³/mol. The summed E-state index contributed by atoms with van der Waals surface area (Å²) >= 11 is 0. The zero-order valence-electron chi connectivity index (χ0n) is 19.3. The van der Waals surface area contributed by atoms with E-state index >= 15 is 0 Å². The molecule has 2 N–H and O–H groups in total. The van der Waals surface area contributed by atoms with E-state index in [1.54, 1.807) is 0 Å². The molecular weight excluding hydrogens is 405 g/mol. The fourth-order valence-corrected chi connectivity index (χ4v) is 4.69. The molecule has 5 nitrogen and oxygen atoms in total. The van der Waals surface area contributed by atoms with Gasteiger partial charge in [-0.25, -0.2) is 0 Å². The lowest BCUT2D eigenvalue weighted by molar-refractivity contribution is 0.0703. The number of hydrogen-bond donors (Lipinski definition) is 2. The van der Waals surface area contributed by atoms with Crippen LogP contribution in [0.2, 0.25) is 0 Å². The quantitative estimate of drug-likeness (QED) is 0.450. The number of piperidine rings is 1. The summed E-state index contributed by atoms with van der Waals surface area (Å²) < 4.78 is 5.94. The van der Waals surface area contributed by atoms with Crippen molar-refractivity contribution in [2.75, 3.05) is 39.8 Å². The fraction of sp³-hybridized carbons (Fsp3) is 0.560. The molecule has 1 fully saturated rings. The maximum Gasteiger partial charge on any atom is 0.253 e. The summed E-state index contributed by atoms with van der Waals surface area (Å²) in [5, 5.41) is 6.88. The van der Waals surface area contributed by atoms with Gasteiger partial charge in [-0.15, -0.1) is 9.24 Å². The van der Waals surface area contributed by atoms with Crippen LogP contribution in [0, 0.1) is 6.92 Å². The van der Waals surface area contributed by atoms with E-state index in [9.17, 15) is 4.79 Å². The highest BCUT2D eigenvalue weighted by molar-refractivity contribution is 7.19. The average Bonchev–Trinajstić information content (AvgIpc) is 2.79. The van der Waals surface area contributed by atoms with Crippen molar-refractivity contribution in [2.24, 2.45) is 0 Å². The van der Waals surface area contributed by atoms with Crippen molar-refractivity contribution in [3.8, 4) is 0 Å². The monoisotopic (exact) mass is 443 g/mol. The number of carbonyl (C=O) groups is 1. The Hall–Kier alpha value is -1.84. The van der Waals surface area contributed by atoms with Crippen molar-refractivity contribution >= 4 is 15.1 Å². The molecule has 0 spiro atoms. The minimum atomic E-state index is 0.138. The molecule has 3 rings (SSSR count). The summed E-state index contributed by atoms with van der Waals surface area (Å²) in [5.74, 6) is 1.13. The first-order chi connectivity index (χ1) is 15.0. The lowest BCUT2D eigenvalue weighted by Crippen LogP contribution is -2.48. The number of ether oxygens (including phenoxy) is 1. The van der Waals surface area contributed by atoms with Crippen LogP contribution in [-0.4, -0.2) is 55.8 Å². The second kappa shape index (κ2) is 11.2. The van der Waals surface area contributed by atoms with Crippen LogP contribution in [0.1, 0.15) is 54.1 Å². The Balaban J connectivity index is 1.41. The molecule has 1 aromatic carbocycles. The Bertz CT molecular complexity index is 826. The zero-order valence-corrected chi connectivity index (χ0v) is 20.5. The fourth-order valence-electron chi connectivity index (χ4n) is 4.28. The number of rotatable bonds is 9. The number of nitrogens with zero attached hydrogens (tertiary/aromatic N) is 1. The Morgan fingerprint density at radius 3 is 2.68 bits per heavy atom. The van der Waals surface area contributed by atoms with Crippen LogP contribution in [0.25, 0.3) is 0 Å². The largest absolute Gasteiger partial charge is 0.490 e. The summed E-state index contributed by atoms with van der Waals surface area (Å²) in [5.41, 5.74) is 4.43. The summed E-state index contributed by atoms with van der Waals surface area (Å²) in [7, 11) is 4.98. The molecule has 1 aliphatic heterocycles. The molecule has 2 aliphatic rings. The molecule has 0 radical (unpaired) electrons. The van der Waals surface area contributed by atoms with Crippen molar-refractivity contribution in [1.29, 1.82) is 0 Å². The molecule has 0 saturated carbocycles. The molecule has 1 unspecified atom stereocenters. The number of aryl methyl sites for hydroxylation is 2. The van der Waals surface area contributed by atoms with Gasteiger partial charge in [-0.1, -0.05) is 19.1 Å². The summed E-state index contributed by atoms with van der Waals surface area (Å²) in [4.78, 5) is 15.0. The van der Waals surface area contributed by atoms with Gasteiger partial charge < -0.3 is 20.3 Å². The van der Waals surface area contributed by atoms with Crippen LogP contribution in [0.15, 0.2) is 41.8 Å². The molecule has 170 valence electrons. The minimum Gasteiger partial charge on any atom is -0.490 e. The number of hydrogen-bond acceptors (Lipinski definition) is 4. The maximum absolute atomic E-state index is 13.0. The molecule has 31 heavy (non-hydrogen) atoms. The summed E-state index contributed by atoms with van der Waals surface area (Å²) in [6.07, 6.45) is 9.40. The molecule has 0 aromatic heterocycles. The van der Waals surface area contributed by atoms with Crippen LogP contribution < -0.4 is 10.6 Å². The third-order valence-electron chi connectivity index (χ3n) is 6.42. The second-order valence-electron chi connectivity index (χ2n) is 8.69. The van der Waals surface area contributed by atoms with Crippen LogP contribution in [0.3, 0.4) is 0 Å². The Morgan fingerprint density at radius 2 is 1.97 bits per heavy atom. The van der Waals surface area contributed by atoms with E-state index in [-0.39, 0.29) is 11.1 Å². The van der Waals surface area contributed by atoms with Crippen LogP contribution >= 0.6 is 9.24 Å². The molecule has 1 aromatic rings. The van der Waals surface area contributed by atoms with Crippen LogP contribution in [0.5, 0.6) is 0 Å². The normalized spacial score (nSPS) is 18.3. The molecule has 1 atom stereocenters. The lowest BCUT2D eigenvalue weighted by atomic mass is 9.94. The minimum absolute atomic E-state index is 0.138. The van der Waals surface area contributed by atoms with Crippen molar-refractivity contribution in [3.63, 3.8) is 0 Å². The molecule has 1 heterocycles. The lowest BCUT2D eigenvalue weighted by Gasteiger charge is -2.39. The maximum atomic E-state index is 13.0. The third-order valence-corrected chi connectivity index (χ3v) is 7.20.